The molecule has 0 N–H and O–H groups in total. The largest absolute Gasteiger partial charge is 0.493 e. The molecule has 1 aromatic heterocycles. The zero-order chi connectivity index (χ0) is 38.7. The molecule has 0 unspecified atom stereocenters. The van der Waals surface area contributed by atoms with E-state index in [1.807, 2.05) is 18.2 Å². The highest BCUT2D eigenvalue weighted by atomic mass is 16.5. The number of carbonyl (C=O) groups is 2. The molecule has 4 rings (SSSR count). The van der Waals surface area contributed by atoms with Crippen LogP contribution in [0.4, 0.5) is 0 Å². The summed E-state index contributed by atoms with van der Waals surface area (Å²) in [4.78, 5) is 39.9. The van der Waals surface area contributed by atoms with Crippen molar-refractivity contribution in [1.29, 1.82) is 0 Å². The first kappa shape index (κ1) is 41.1. The number of ether oxygens (including phenoxy) is 6. The lowest BCUT2D eigenvalue weighted by atomic mass is 10.1. The second kappa shape index (κ2) is 21.7. The fourth-order valence-corrected chi connectivity index (χ4v) is 4.99. The highest BCUT2D eigenvalue weighted by Crippen LogP contribution is 2.39. The Morgan fingerprint density at radius 1 is 0.500 bits per heavy atom. The molecule has 0 amide bonds. The molecule has 54 heavy (non-hydrogen) atoms. The highest BCUT2D eigenvalue weighted by Gasteiger charge is 2.22. The second-order valence-electron chi connectivity index (χ2n) is 12.3. The van der Waals surface area contributed by atoms with Crippen LogP contribution in [0.5, 0.6) is 34.5 Å². The molecule has 0 atom stereocenters. The maximum Gasteiger partial charge on any atom is 0.335 e. The Bertz CT molecular complexity index is 1780. The molecule has 0 radical (unpaired) electrons. The summed E-state index contributed by atoms with van der Waals surface area (Å²) in [5.74, 6) is 1.80. The van der Waals surface area contributed by atoms with Crippen molar-refractivity contribution in [2.24, 2.45) is 0 Å². The Balaban J connectivity index is 1.97. The summed E-state index contributed by atoms with van der Waals surface area (Å²) in [5.41, 5.74) is 1.34. The van der Waals surface area contributed by atoms with E-state index < -0.39 is 11.9 Å². The van der Waals surface area contributed by atoms with Gasteiger partial charge in [-0.05, 0) is 62.1 Å². The molecule has 0 aliphatic carbocycles. The molecule has 0 bridgehead atoms. The number of esters is 2. The van der Waals surface area contributed by atoms with Gasteiger partial charge in [0.1, 0.15) is 34.5 Å². The first-order valence-electron chi connectivity index (χ1n) is 18.7. The van der Waals surface area contributed by atoms with Crippen molar-refractivity contribution in [3.63, 3.8) is 0 Å². The second-order valence-corrected chi connectivity index (χ2v) is 12.3. The van der Waals surface area contributed by atoms with Crippen molar-refractivity contribution in [3.05, 3.63) is 79.9 Å². The fraction of sp³-hybridized carbons (Fsp3) is 0.372. The van der Waals surface area contributed by atoms with Crippen molar-refractivity contribution in [2.75, 3.05) is 26.4 Å². The molecule has 1 heterocycles. The van der Waals surface area contributed by atoms with E-state index in [2.05, 4.69) is 40.9 Å². The van der Waals surface area contributed by atoms with Crippen LogP contribution in [0, 0.1) is 0 Å². The van der Waals surface area contributed by atoms with Crippen LogP contribution in [0.2, 0.25) is 0 Å². The molecule has 0 spiro atoms. The predicted molar refractivity (Wildman–Crippen MR) is 209 cm³/mol. The first-order chi connectivity index (χ1) is 26.3. The topological polar surface area (TPSA) is 128 Å². The van der Waals surface area contributed by atoms with Crippen LogP contribution in [0.25, 0.3) is 34.2 Å². The van der Waals surface area contributed by atoms with Gasteiger partial charge in [-0.25, -0.2) is 24.5 Å². The minimum Gasteiger partial charge on any atom is -0.493 e. The SMILES string of the molecule is C=CC(=O)Oc1cc(OCCCC)ccc1-c1nc(-c2ccc(OCCCC)cc2OCCCC)nc(-c2ccc(OCCCC)cc2OC(=O)C=C)n1. The Morgan fingerprint density at radius 3 is 1.15 bits per heavy atom. The van der Waals surface area contributed by atoms with Gasteiger partial charge in [0, 0.05) is 30.4 Å². The van der Waals surface area contributed by atoms with Crippen LogP contribution in [0.3, 0.4) is 0 Å². The molecular formula is C43H51N3O8. The lowest BCUT2D eigenvalue weighted by Crippen LogP contribution is -2.09. The average Bonchev–Trinajstić information content (AvgIpc) is 3.18. The number of hydrogen-bond acceptors (Lipinski definition) is 11. The van der Waals surface area contributed by atoms with Gasteiger partial charge in [-0.3, -0.25) is 0 Å². The summed E-state index contributed by atoms with van der Waals surface area (Å²) in [6.07, 6.45) is 9.47. The molecule has 0 aliphatic rings. The number of nitrogens with zero attached hydrogens (tertiary/aromatic N) is 3. The van der Waals surface area contributed by atoms with Crippen LogP contribution in [-0.4, -0.2) is 53.3 Å². The molecule has 0 saturated carbocycles. The number of hydrogen-bond donors (Lipinski definition) is 0. The molecule has 11 heteroatoms. The number of benzene rings is 3. The molecular weight excluding hydrogens is 686 g/mol. The molecule has 0 saturated heterocycles. The highest BCUT2D eigenvalue weighted by molar-refractivity contribution is 5.86. The van der Waals surface area contributed by atoms with Crippen LogP contribution in [0.15, 0.2) is 79.9 Å². The Kier molecular flexibility index (Phi) is 16.5. The standard InChI is InChI=1S/C43H51N3O8/c1-7-13-23-49-30-17-20-33(36(27-30)52-26-16-10-4)41-44-42(34-21-18-31(50-24-14-8-2)28-37(34)53-39(47)11-5)46-43(45-41)35-22-19-32(51-25-15-9-3)29-38(35)54-40(48)12-6/h11-12,17-22,27-29H,5-10,13-16,23-26H2,1-4H3. The minimum atomic E-state index is -0.668. The van der Waals surface area contributed by atoms with Gasteiger partial charge < -0.3 is 28.4 Å². The third-order valence-electron chi connectivity index (χ3n) is 8.03. The van der Waals surface area contributed by atoms with Crippen LogP contribution < -0.4 is 28.4 Å². The summed E-state index contributed by atoms with van der Waals surface area (Å²) in [7, 11) is 0. The molecule has 3 aromatic carbocycles. The number of rotatable bonds is 23. The smallest absolute Gasteiger partial charge is 0.335 e. The van der Waals surface area contributed by atoms with E-state index in [9.17, 15) is 9.59 Å². The zero-order valence-electron chi connectivity index (χ0n) is 31.9. The predicted octanol–water partition coefficient (Wildman–Crippen LogP) is 9.77. The molecule has 4 aromatic rings. The molecule has 11 nitrogen and oxygen atoms in total. The van der Waals surface area contributed by atoms with Crippen molar-refractivity contribution in [3.8, 4) is 68.7 Å². The van der Waals surface area contributed by atoms with E-state index in [0.717, 1.165) is 63.5 Å². The molecule has 0 aliphatic heterocycles. The minimum absolute atomic E-state index is 0.161. The van der Waals surface area contributed by atoms with E-state index in [-0.39, 0.29) is 29.0 Å². The van der Waals surface area contributed by atoms with E-state index in [1.54, 1.807) is 36.4 Å². The van der Waals surface area contributed by atoms with Crippen molar-refractivity contribution in [2.45, 2.75) is 79.1 Å². The Morgan fingerprint density at radius 2 is 0.815 bits per heavy atom. The van der Waals surface area contributed by atoms with Gasteiger partial charge in [0.05, 0.1) is 43.1 Å². The molecule has 0 fully saturated rings. The summed E-state index contributed by atoms with van der Waals surface area (Å²) >= 11 is 0. The van der Waals surface area contributed by atoms with Crippen molar-refractivity contribution in [1.82, 2.24) is 15.0 Å². The lowest BCUT2D eigenvalue weighted by Gasteiger charge is -2.16. The van der Waals surface area contributed by atoms with Gasteiger partial charge in [0.15, 0.2) is 17.5 Å². The third-order valence-corrected chi connectivity index (χ3v) is 8.03. The first-order valence-corrected chi connectivity index (χ1v) is 18.7. The van der Waals surface area contributed by atoms with Crippen molar-refractivity contribution < 1.29 is 38.0 Å². The van der Waals surface area contributed by atoms with Gasteiger partial charge in [-0.15, -0.1) is 0 Å². The lowest BCUT2D eigenvalue weighted by molar-refractivity contribution is -0.129. The van der Waals surface area contributed by atoms with Gasteiger partial charge >= 0.3 is 11.9 Å². The van der Waals surface area contributed by atoms with Gasteiger partial charge in [0.25, 0.3) is 0 Å². The van der Waals surface area contributed by atoms with E-state index in [1.165, 1.54) is 0 Å². The van der Waals surface area contributed by atoms with Crippen LogP contribution in [0.1, 0.15) is 79.1 Å². The Hall–Kier alpha value is -5.71. The van der Waals surface area contributed by atoms with E-state index in [4.69, 9.17) is 43.4 Å². The summed E-state index contributed by atoms with van der Waals surface area (Å²) < 4.78 is 35.6. The summed E-state index contributed by atoms with van der Waals surface area (Å²) in [6, 6.07) is 15.8. The number of aromatic nitrogens is 3. The monoisotopic (exact) mass is 737 g/mol. The van der Waals surface area contributed by atoms with Gasteiger partial charge in [-0.2, -0.15) is 0 Å². The average molecular weight is 738 g/mol. The molecule has 286 valence electrons. The van der Waals surface area contributed by atoms with E-state index >= 15 is 0 Å². The number of unbranched alkanes of at least 4 members (excludes halogenated alkanes) is 4. The van der Waals surface area contributed by atoms with Gasteiger partial charge in [-0.1, -0.05) is 66.5 Å². The maximum absolute atomic E-state index is 12.6. The van der Waals surface area contributed by atoms with Crippen LogP contribution >= 0.6 is 0 Å². The third kappa shape index (κ3) is 11.9. The number of carbonyl (C=O) groups excluding carboxylic acids is 2. The zero-order valence-corrected chi connectivity index (χ0v) is 31.9. The quantitative estimate of drug-likeness (QED) is 0.0312. The summed E-state index contributed by atoms with van der Waals surface area (Å²) in [6.45, 7) is 17.5. The van der Waals surface area contributed by atoms with Crippen molar-refractivity contribution >= 4 is 11.9 Å². The normalized spacial score (nSPS) is 10.7. The van der Waals surface area contributed by atoms with Gasteiger partial charge in [0.2, 0.25) is 0 Å². The van der Waals surface area contributed by atoms with E-state index in [0.29, 0.717) is 66.1 Å². The maximum atomic E-state index is 12.6. The van der Waals surface area contributed by atoms with Crippen LogP contribution in [-0.2, 0) is 9.59 Å². The Labute approximate surface area is 318 Å². The summed E-state index contributed by atoms with van der Waals surface area (Å²) in [5, 5.41) is 0. The fourth-order valence-electron chi connectivity index (χ4n) is 4.99.